The van der Waals surface area contributed by atoms with Gasteiger partial charge in [0.25, 0.3) is 5.91 Å². The van der Waals surface area contributed by atoms with Gasteiger partial charge < -0.3 is 15.0 Å². The molecule has 0 bridgehead atoms. The van der Waals surface area contributed by atoms with Gasteiger partial charge in [-0.15, -0.1) is 0 Å². The minimum Gasteiger partial charge on any atom is -0.378 e. The number of hydrogen-bond donors (Lipinski definition) is 1. The lowest BCUT2D eigenvalue weighted by Crippen LogP contribution is -2.36. The molecule has 1 N–H and O–H groups in total. The average molecular weight is 358 g/mol. The van der Waals surface area contributed by atoms with E-state index in [-0.39, 0.29) is 5.91 Å². The van der Waals surface area contributed by atoms with E-state index in [1.54, 1.807) is 0 Å². The second-order valence-corrected chi connectivity index (χ2v) is 6.51. The van der Waals surface area contributed by atoms with E-state index in [1.807, 2.05) is 78.9 Å². The Labute approximate surface area is 159 Å². The molecular formula is C23H22N2O2. The molecule has 4 rings (SSSR count). The van der Waals surface area contributed by atoms with Gasteiger partial charge in [0.1, 0.15) is 0 Å². The number of rotatable bonds is 4. The predicted octanol–water partition coefficient (Wildman–Crippen LogP) is 4.44. The quantitative estimate of drug-likeness (QED) is 0.749. The summed E-state index contributed by atoms with van der Waals surface area (Å²) in [4.78, 5) is 15.0. The Kier molecular flexibility index (Phi) is 5.17. The second-order valence-electron chi connectivity index (χ2n) is 6.51. The molecule has 1 heterocycles. The van der Waals surface area contributed by atoms with Crippen LogP contribution in [0.15, 0.2) is 78.9 Å². The highest BCUT2D eigenvalue weighted by Crippen LogP contribution is 2.28. The lowest BCUT2D eigenvalue weighted by Gasteiger charge is -2.28. The molecule has 0 unspecified atom stereocenters. The zero-order valence-corrected chi connectivity index (χ0v) is 15.1. The molecular weight excluding hydrogens is 336 g/mol. The number of benzene rings is 3. The van der Waals surface area contributed by atoms with Crippen molar-refractivity contribution in [3.63, 3.8) is 0 Å². The summed E-state index contributed by atoms with van der Waals surface area (Å²) in [7, 11) is 0. The molecule has 3 aromatic carbocycles. The molecule has 1 amide bonds. The van der Waals surface area contributed by atoms with Crippen LogP contribution < -0.4 is 10.2 Å². The molecule has 0 aromatic heterocycles. The lowest BCUT2D eigenvalue weighted by molar-refractivity contribution is 0.102. The average Bonchev–Trinajstić information content (AvgIpc) is 2.75. The molecule has 27 heavy (non-hydrogen) atoms. The van der Waals surface area contributed by atoms with Gasteiger partial charge in [-0.25, -0.2) is 0 Å². The molecule has 1 aliphatic heterocycles. The number of hydrogen-bond acceptors (Lipinski definition) is 3. The molecule has 3 aromatic rings. The number of carbonyl (C=O) groups is 1. The van der Waals surface area contributed by atoms with Crippen LogP contribution in [0.3, 0.4) is 0 Å². The van der Waals surface area contributed by atoms with Crippen LogP contribution in [0, 0.1) is 0 Å². The minimum atomic E-state index is -0.105. The molecule has 0 saturated carbocycles. The summed E-state index contributed by atoms with van der Waals surface area (Å²) in [5, 5.41) is 3.05. The first-order valence-corrected chi connectivity index (χ1v) is 9.20. The molecule has 1 fully saturated rings. The second kappa shape index (κ2) is 8.06. The first kappa shape index (κ1) is 17.3. The number of carbonyl (C=O) groups excluding carboxylic acids is 1. The lowest BCUT2D eigenvalue weighted by atomic mass is 10.0. The summed E-state index contributed by atoms with van der Waals surface area (Å²) in [5.41, 5.74) is 4.67. The van der Waals surface area contributed by atoms with Crippen molar-refractivity contribution in [1.29, 1.82) is 0 Å². The molecule has 0 aliphatic carbocycles. The Balaban J connectivity index is 1.51. The molecule has 4 heteroatoms. The van der Waals surface area contributed by atoms with Gasteiger partial charge in [-0.05, 0) is 35.9 Å². The fourth-order valence-electron chi connectivity index (χ4n) is 3.30. The highest BCUT2D eigenvalue weighted by Gasteiger charge is 2.13. The van der Waals surface area contributed by atoms with E-state index < -0.39 is 0 Å². The maximum Gasteiger partial charge on any atom is 0.255 e. The van der Waals surface area contributed by atoms with Crippen molar-refractivity contribution in [3.05, 3.63) is 84.4 Å². The number of ether oxygens (including phenoxy) is 1. The Bertz CT molecular complexity index is 901. The smallest absolute Gasteiger partial charge is 0.255 e. The van der Waals surface area contributed by atoms with E-state index in [2.05, 4.69) is 10.2 Å². The van der Waals surface area contributed by atoms with Crippen LogP contribution >= 0.6 is 0 Å². The zero-order valence-electron chi connectivity index (χ0n) is 15.1. The molecule has 4 nitrogen and oxygen atoms in total. The van der Waals surface area contributed by atoms with Crippen molar-refractivity contribution in [2.75, 3.05) is 36.5 Å². The Morgan fingerprint density at radius 2 is 1.48 bits per heavy atom. The van der Waals surface area contributed by atoms with Gasteiger partial charge in [-0.2, -0.15) is 0 Å². The van der Waals surface area contributed by atoms with Crippen LogP contribution in [-0.2, 0) is 4.74 Å². The SMILES string of the molecule is O=C(Nc1ccccc1-c1ccccc1)c1ccc(N2CCOCC2)cc1. The fourth-order valence-corrected chi connectivity index (χ4v) is 3.30. The Morgan fingerprint density at radius 3 is 2.22 bits per heavy atom. The largest absolute Gasteiger partial charge is 0.378 e. The van der Waals surface area contributed by atoms with Gasteiger partial charge in [0, 0.05) is 35.6 Å². The van der Waals surface area contributed by atoms with Crippen molar-refractivity contribution >= 4 is 17.3 Å². The summed E-state index contributed by atoms with van der Waals surface area (Å²) < 4.78 is 5.39. The summed E-state index contributed by atoms with van der Waals surface area (Å²) in [6, 6.07) is 25.7. The van der Waals surface area contributed by atoms with Gasteiger partial charge in [0.15, 0.2) is 0 Å². The minimum absolute atomic E-state index is 0.105. The van der Waals surface area contributed by atoms with Gasteiger partial charge in [-0.3, -0.25) is 4.79 Å². The van der Waals surface area contributed by atoms with Crippen LogP contribution in [0.5, 0.6) is 0 Å². The number of morpholine rings is 1. The summed E-state index contributed by atoms with van der Waals surface area (Å²) in [6.45, 7) is 3.27. The van der Waals surface area contributed by atoms with E-state index in [1.165, 1.54) is 0 Å². The highest BCUT2D eigenvalue weighted by atomic mass is 16.5. The summed E-state index contributed by atoms with van der Waals surface area (Å²) in [5.74, 6) is -0.105. The van der Waals surface area contributed by atoms with Crippen LogP contribution in [0.1, 0.15) is 10.4 Å². The van der Waals surface area contributed by atoms with Crippen molar-refractivity contribution in [2.24, 2.45) is 0 Å². The van der Waals surface area contributed by atoms with E-state index in [0.29, 0.717) is 5.56 Å². The predicted molar refractivity (Wildman–Crippen MR) is 109 cm³/mol. The number of amides is 1. The third-order valence-electron chi connectivity index (χ3n) is 4.77. The molecule has 0 radical (unpaired) electrons. The fraction of sp³-hybridized carbons (Fsp3) is 0.174. The third-order valence-corrected chi connectivity index (χ3v) is 4.77. The zero-order chi connectivity index (χ0) is 18.5. The van der Waals surface area contributed by atoms with Crippen molar-refractivity contribution < 1.29 is 9.53 Å². The molecule has 0 atom stereocenters. The third kappa shape index (κ3) is 4.01. The number of nitrogens with one attached hydrogen (secondary N) is 1. The molecule has 136 valence electrons. The topological polar surface area (TPSA) is 41.6 Å². The van der Waals surface area contributed by atoms with Crippen LogP contribution in [0.2, 0.25) is 0 Å². The van der Waals surface area contributed by atoms with Gasteiger partial charge in [-0.1, -0.05) is 48.5 Å². The number of para-hydroxylation sites is 1. The standard InChI is InChI=1S/C23H22N2O2/c26-23(19-10-12-20(13-11-19)25-14-16-27-17-15-25)24-22-9-5-4-8-21(22)18-6-2-1-3-7-18/h1-13H,14-17H2,(H,24,26). The van der Waals surface area contributed by atoms with Crippen molar-refractivity contribution in [1.82, 2.24) is 0 Å². The van der Waals surface area contributed by atoms with E-state index >= 15 is 0 Å². The molecule has 1 aliphatic rings. The van der Waals surface area contributed by atoms with Gasteiger partial charge in [0.05, 0.1) is 13.2 Å². The normalized spacial score (nSPS) is 14.0. The number of nitrogens with zero attached hydrogens (tertiary/aromatic N) is 1. The van der Waals surface area contributed by atoms with Crippen LogP contribution in [0.4, 0.5) is 11.4 Å². The van der Waals surface area contributed by atoms with Crippen molar-refractivity contribution in [3.8, 4) is 11.1 Å². The Morgan fingerprint density at radius 1 is 0.815 bits per heavy atom. The van der Waals surface area contributed by atoms with Gasteiger partial charge in [0.2, 0.25) is 0 Å². The highest BCUT2D eigenvalue weighted by molar-refractivity contribution is 6.06. The van der Waals surface area contributed by atoms with Crippen LogP contribution in [-0.4, -0.2) is 32.2 Å². The van der Waals surface area contributed by atoms with Crippen LogP contribution in [0.25, 0.3) is 11.1 Å². The summed E-state index contributed by atoms with van der Waals surface area (Å²) in [6.07, 6.45) is 0. The first-order valence-electron chi connectivity index (χ1n) is 9.20. The Hall–Kier alpha value is -3.11. The van der Waals surface area contributed by atoms with E-state index in [9.17, 15) is 4.79 Å². The molecule has 0 spiro atoms. The van der Waals surface area contributed by atoms with Gasteiger partial charge >= 0.3 is 0 Å². The maximum atomic E-state index is 12.7. The van der Waals surface area contributed by atoms with E-state index in [4.69, 9.17) is 4.74 Å². The van der Waals surface area contributed by atoms with Crippen molar-refractivity contribution in [2.45, 2.75) is 0 Å². The first-order chi connectivity index (χ1) is 13.3. The number of anilines is 2. The molecule has 1 saturated heterocycles. The monoisotopic (exact) mass is 358 g/mol. The summed E-state index contributed by atoms with van der Waals surface area (Å²) >= 11 is 0. The maximum absolute atomic E-state index is 12.7. The van der Waals surface area contributed by atoms with E-state index in [0.717, 1.165) is 48.8 Å².